The third-order valence-electron chi connectivity index (χ3n) is 6.64. The summed E-state index contributed by atoms with van der Waals surface area (Å²) in [6.07, 6.45) is 1.89. The molecular weight excluding hydrogens is 456 g/mol. The van der Waals surface area contributed by atoms with Crippen LogP contribution in [0.4, 0.5) is 10.8 Å². The average Bonchev–Trinajstić information content (AvgIpc) is 3.44. The van der Waals surface area contributed by atoms with Gasteiger partial charge in [0.25, 0.3) is 0 Å². The van der Waals surface area contributed by atoms with Crippen molar-refractivity contribution in [2.45, 2.75) is 33.2 Å². The number of nitrogens with one attached hydrogen (secondary N) is 1. The van der Waals surface area contributed by atoms with Crippen molar-refractivity contribution in [1.29, 1.82) is 0 Å². The molecule has 0 saturated carbocycles. The standard InChI is InChI=1S/C27H32N6OS/c1-18-7-11-23(12-8-18)33-25-24(19(2)30-33)35-27(29-25)32-15-5-6-21(17-32)26(34)28-16-20-9-13-22(14-10-20)31(3)4/h7-14,21H,5-6,15-17H2,1-4H3,(H,28,34). The number of carbonyl (C=O) groups excluding carboxylic acids is 1. The molecule has 7 nitrogen and oxygen atoms in total. The second-order valence-corrected chi connectivity index (χ2v) is 10.5. The zero-order valence-corrected chi connectivity index (χ0v) is 21.6. The van der Waals surface area contributed by atoms with Crippen LogP contribution in [0, 0.1) is 19.8 Å². The maximum atomic E-state index is 13.0. The van der Waals surface area contributed by atoms with Crippen LogP contribution in [0.15, 0.2) is 48.5 Å². The monoisotopic (exact) mass is 488 g/mol. The van der Waals surface area contributed by atoms with Crippen molar-refractivity contribution in [3.05, 3.63) is 65.4 Å². The third-order valence-corrected chi connectivity index (χ3v) is 7.85. The molecule has 0 aliphatic carbocycles. The first-order chi connectivity index (χ1) is 16.9. The van der Waals surface area contributed by atoms with Gasteiger partial charge in [0.2, 0.25) is 5.91 Å². The number of thiazole rings is 1. The first kappa shape index (κ1) is 23.4. The zero-order valence-electron chi connectivity index (χ0n) is 20.8. The third kappa shape index (κ3) is 4.89. The van der Waals surface area contributed by atoms with Gasteiger partial charge in [-0.3, -0.25) is 4.79 Å². The van der Waals surface area contributed by atoms with Gasteiger partial charge in [0.15, 0.2) is 10.8 Å². The predicted molar refractivity (Wildman–Crippen MR) is 144 cm³/mol. The molecule has 1 N–H and O–H groups in total. The number of carbonyl (C=O) groups is 1. The normalized spacial score (nSPS) is 16.0. The zero-order chi connectivity index (χ0) is 24.5. The number of aryl methyl sites for hydroxylation is 2. The number of nitrogens with zero attached hydrogens (tertiary/aromatic N) is 5. The lowest BCUT2D eigenvalue weighted by Crippen LogP contribution is -2.43. The molecule has 0 radical (unpaired) electrons. The Morgan fingerprint density at radius 3 is 2.57 bits per heavy atom. The van der Waals surface area contributed by atoms with Gasteiger partial charge in [0.1, 0.15) is 0 Å². The van der Waals surface area contributed by atoms with Crippen molar-refractivity contribution >= 4 is 38.4 Å². The second-order valence-electron chi connectivity index (χ2n) is 9.55. The molecule has 35 heavy (non-hydrogen) atoms. The van der Waals surface area contributed by atoms with Crippen LogP contribution in [0.1, 0.15) is 29.7 Å². The van der Waals surface area contributed by atoms with Crippen molar-refractivity contribution in [2.75, 3.05) is 37.0 Å². The van der Waals surface area contributed by atoms with Crippen molar-refractivity contribution in [1.82, 2.24) is 20.1 Å². The van der Waals surface area contributed by atoms with Crippen LogP contribution in [-0.4, -0.2) is 47.9 Å². The maximum absolute atomic E-state index is 13.0. The quantitative estimate of drug-likeness (QED) is 0.426. The molecule has 5 rings (SSSR count). The summed E-state index contributed by atoms with van der Waals surface area (Å²) in [6.45, 7) is 6.28. The minimum atomic E-state index is -0.0356. The minimum absolute atomic E-state index is 0.0356. The van der Waals surface area contributed by atoms with E-state index >= 15 is 0 Å². The summed E-state index contributed by atoms with van der Waals surface area (Å²) in [6, 6.07) is 16.7. The molecule has 1 saturated heterocycles. The van der Waals surface area contributed by atoms with Gasteiger partial charge < -0.3 is 15.1 Å². The minimum Gasteiger partial charge on any atom is -0.378 e. The molecule has 1 aliphatic rings. The maximum Gasteiger partial charge on any atom is 0.225 e. The SMILES string of the molecule is Cc1ccc(-n2nc(C)c3sc(N4CCCC(C(=O)NCc5ccc(N(C)C)cc5)C4)nc32)cc1. The molecule has 0 bridgehead atoms. The van der Waals surface area contributed by atoms with Crippen molar-refractivity contribution in [3.63, 3.8) is 0 Å². The average molecular weight is 489 g/mol. The van der Waals surface area contributed by atoms with Gasteiger partial charge in [-0.2, -0.15) is 10.1 Å². The van der Waals surface area contributed by atoms with Crippen LogP contribution in [0.5, 0.6) is 0 Å². The highest BCUT2D eigenvalue weighted by atomic mass is 32.1. The number of rotatable bonds is 6. The fraction of sp³-hybridized carbons (Fsp3) is 0.370. The summed E-state index contributed by atoms with van der Waals surface area (Å²) < 4.78 is 3.04. The van der Waals surface area contributed by atoms with Gasteiger partial charge >= 0.3 is 0 Å². The summed E-state index contributed by atoms with van der Waals surface area (Å²) in [5.41, 5.74) is 6.37. The number of hydrogen-bond donors (Lipinski definition) is 1. The Labute approximate surface area is 210 Å². The molecule has 182 valence electrons. The Balaban J connectivity index is 1.27. The Morgan fingerprint density at radius 2 is 1.86 bits per heavy atom. The molecular formula is C27H32N6OS. The van der Waals surface area contributed by atoms with E-state index in [0.29, 0.717) is 13.1 Å². The molecule has 1 unspecified atom stereocenters. The summed E-state index contributed by atoms with van der Waals surface area (Å²) in [4.78, 5) is 22.3. The van der Waals surface area contributed by atoms with E-state index in [1.54, 1.807) is 11.3 Å². The van der Waals surface area contributed by atoms with E-state index in [4.69, 9.17) is 10.1 Å². The van der Waals surface area contributed by atoms with E-state index < -0.39 is 0 Å². The Morgan fingerprint density at radius 1 is 1.11 bits per heavy atom. The van der Waals surface area contributed by atoms with E-state index in [0.717, 1.165) is 57.5 Å². The van der Waals surface area contributed by atoms with Crippen LogP contribution in [0.3, 0.4) is 0 Å². The number of anilines is 2. The van der Waals surface area contributed by atoms with Crippen molar-refractivity contribution in [2.24, 2.45) is 5.92 Å². The fourth-order valence-corrected chi connectivity index (χ4v) is 5.56. The summed E-state index contributed by atoms with van der Waals surface area (Å²) in [5.74, 6) is 0.0843. The number of piperidine rings is 1. The van der Waals surface area contributed by atoms with E-state index in [-0.39, 0.29) is 11.8 Å². The number of amides is 1. The Kier molecular flexibility index (Phi) is 6.47. The molecule has 8 heteroatoms. The van der Waals surface area contributed by atoms with Gasteiger partial charge in [-0.05, 0) is 56.5 Å². The smallest absolute Gasteiger partial charge is 0.225 e. The largest absolute Gasteiger partial charge is 0.378 e. The van der Waals surface area contributed by atoms with E-state index in [2.05, 4.69) is 70.6 Å². The Bertz CT molecular complexity index is 1320. The first-order valence-corrected chi connectivity index (χ1v) is 12.9. The number of benzene rings is 2. The van der Waals surface area contributed by atoms with Crippen LogP contribution < -0.4 is 15.1 Å². The second kappa shape index (κ2) is 9.70. The highest BCUT2D eigenvalue weighted by molar-refractivity contribution is 7.22. The van der Waals surface area contributed by atoms with E-state index in [1.165, 1.54) is 5.56 Å². The van der Waals surface area contributed by atoms with Crippen LogP contribution >= 0.6 is 11.3 Å². The van der Waals surface area contributed by atoms with Crippen molar-refractivity contribution in [3.8, 4) is 5.69 Å². The lowest BCUT2D eigenvalue weighted by molar-refractivity contribution is -0.125. The molecule has 1 fully saturated rings. The molecule has 0 spiro atoms. The van der Waals surface area contributed by atoms with Crippen LogP contribution in [-0.2, 0) is 11.3 Å². The predicted octanol–water partition coefficient (Wildman–Crippen LogP) is 4.70. The van der Waals surface area contributed by atoms with E-state index in [1.807, 2.05) is 25.7 Å². The number of hydrogen-bond acceptors (Lipinski definition) is 6. The van der Waals surface area contributed by atoms with Crippen molar-refractivity contribution < 1.29 is 4.79 Å². The van der Waals surface area contributed by atoms with Crippen LogP contribution in [0.25, 0.3) is 16.0 Å². The van der Waals surface area contributed by atoms with Crippen LogP contribution in [0.2, 0.25) is 0 Å². The first-order valence-electron chi connectivity index (χ1n) is 12.1. The van der Waals surface area contributed by atoms with Gasteiger partial charge in [0.05, 0.1) is 22.0 Å². The van der Waals surface area contributed by atoms with E-state index in [9.17, 15) is 4.79 Å². The summed E-state index contributed by atoms with van der Waals surface area (Å²) >= 11 is 1.67. The lowest BCUT2D eigenvalue weighted by atomic mass is 9.97. The lowest BCUT2D eigenvalue weighted by Gasteiger charge is -2.31. The molecule has 4 aromatic rings. The highest BCUT2D eigenvalue weighted by Crippen LogP contribution is 2.34. The molecule has 3 heterocycles. The van der Waals surface area contributed by atoms with Gasteiger partial charge in [-0.15, -0.1) is 0 Å². The molecule has 2 aromatic carbocycles. The topological polar surface area (TPSA) is 66.3 Å². The summed E-state index contributed by atoms with van der Waals surface area (Å²) in [5, 5.41) is 8.84. The molecule has 1 atom stereocenters. The number of aromatic nitrogens is 3. The van der Waals surface area contributed by atoms with Gasteiger partial charge in [-0.25, -0.2) is 4.68 Å². The molecule has 1 aliphatic heterocycles. The van der Waals surface area contributed by atoms with Gasteiger partial charge in [-0.1, -0.05) is 41.2 Å². The Hall–Kier alpha value is -3.39. The molecule has 1 amide bonds. The molecule has 2 aromatic heterocycles. The summed E-state index contributed by atoms with van der Waals surface area (Å²) in [7, 11) is 4.05. The fourth-order valence-electron chi connectivity index (χ4n) is 4.53. The number of fused-ring (bicyclic) bond motifs is 1. The van der Waals surface area contributed by atoms with Gasteiger partial charge in [0, 0.05) is 39.4 Å². The highest BCUT2D eigenvalue weighted by Gasteiger charge is 2.28.